The average Bonchev–Trinajstić information content (AvgIpc) is 2.53. The number of nitrogens with zero attached hydrogens (tertiary/aromatic N) is 4. The molecule has 0 saturated carbocycles. The first-order valence-corrected chi connectivity index (χ1v) is 8.41. The molecule has 0 bridgehead atoms. The molecule has 112 valence electrons. The van der Waals surface area contributed by atoms with Gasteiger partial charge in [-0.15, -0.1) is 22.0 Å². The van der Waals surface area contributed by atoms with Gasteiger partial charge in [0.25, 0.3) is 0 Å². The summed E-state index contributed by atoms with van der Waals surface area (Å²) in [7, 11) is 2.16. The minimum Gasteiger partial charge on any atom is -0.396 e. The van der Waals surface area contributed by atoms with Gasteiger partial charge < -0.3 is 14.9 Å². The van der Waals surface area contributed by atoms with Crippen molar-refractivity contribution in [2.75, 3.05) is 44.4 Å². The van der Waals surface area contributed by atoms with E-state index in [1.165, 1.54) is 0 Å². The molecule has 2 rings (SSSR count). The molecular weight excluding hydrogens is 272 g/mol. The van der Waals surface area contributed by atoms with Gasteiger partial charge in [-0.1, -0.05) is 0 Å². The van der Waals surface area contributed by atoms with E-state index in [9.17, 15) is 0 Å². The zero-order valence-corrected chi connectivity index (χ0v) is 13.1. The lowest BCUT2D eigenvalue weighted by atomic mass is 10.0. The van der Waals surface area contributed by atoms with Gasteiger partial charge in [-0.25, -0.2) is 0 Å². The summed E-state index contributed by atoms with van der Waals surface area (Å²) in [5, 5.41) is 18.4. The lowest BCUT2D eigenvalue weighted by molar-refractivity contribution is 0.184. The molecule has 1 N–H and O–H groups in total. The third kappa shape index (κ3) is 4.07. The van der Waals surface area contributed by atoms with Gasteiger partial charge in [-0.2, -0.15) is 0 Å². The van der Waals surface area contributed by atoms with Gasteiger partial charge in [-0.3, -0.25) is 0 Å². The molecule has 0 unspecified atom stereocenters. The van der Waals surface area contributed by atoms with Crippen molar-refractivity contribution in [1.29, 1.82) is 0 Å². The number of aliphatic hydroxyl groups excluding tert-OH is 1. The first-order valence-electron chi connectivity index (χ1n) is 7.18. The standard InChI is InChI=1S/C14H24N4OS/c1-17(8-3-11-19)12-6-9-18(10-7-12)13-4-5-14(20-2)16-15-13/h4-5,12,19H,3,6-11H2,1-2H3. The predicted molar refractivity (Wildman–Crippen MR) is 83.4 cm³/mol. The Kier molecular flexibility index (Phi) is 6.06. The van der Waals surface area contributed by atoms with Crippen LogP contribution >= 0.6 is 11.8 Å². The lowest BCUT2D eigenvalue weighted by Crippen LogP contribution is -2.44. The molecule has 5 nitrogen and oxygen atoms in total. The largest absolute Gasteiger partial charge is 0.396 e. The first-order chi connectivity index (χ1) is 9.74. The van der Waals surface area contributed by atoms with E-state index in [2.05, 4.69) is 33.1 Å². The second-order valence-electron chi connectivity index (χ2n) is 5.21. The third-order valence-corrected chi connectivity index (χ3v) is 4.55. The van der Waals surface area contributed by atoms with Crippen molar-refractivity contribution in [3.8, 4) is 0 Å². The van der Waals surface area contributed by atoms with Crippen LogP contribution in [-0.2, 0) is 0 Å². The summed E-state index contributed by atoms with van der Waals surface area (Å²) in [4.78, 5) is 4.68. The minimum absolute atomic E-state index is 0.278. The quantitative estimate of drug-likeness (QED) is 0.803. The van der Waals surface area contributed by atoms with Crippen LogP contribution < -0.4 is 4.90 Å². The van der Waals surface area contributed by atoms with Crippen molar-refractivity contribution in [3.05, 3.63) is 12.1 Å². The van der Waals surface area contributed by atoms with Gasteiger partial charge in [0.05, 0.1) is 0 Å². The summed E-state index contributed by atoms with van der Waals surface area (Å²) >= 11 is 1.62. The zero-order valence-electron chi connectivity index (χ0n) is 12.3. The maximum Gasteiger partial charge on any atom is 0.151 e. The van der Waals surface area contributed by atoms with Crippen LogP contribution in [0.2, 0.25) is 0 Å². The Morgan fingerprint density at radius 2 is 2.10 bits per heavy atom. The van der Waals surface area contributed by atoms with E-state index in [1.54, 1.807) is 11.8 Å². The highest BCUT2D eigenvalue weighted by Gasteiger charge is 2.23. The molecule has 20 heavy (non-hydrogen) atoms. The van der Waals surface area contributed by atoms with Crippen LogP contribution in [0.4, 0.5) is 5.82 Å². The fourth-order valence-corrected chi connectivity index (χ4v) is 2.96. The number of aliphatic hydroxyl groups is 1. The number of anilines is 1. The number of rotatable bonds is 6. The molecule has 1 aromatic heterocycles. The predicted octanol–water partition coefficient (Wildman–Crippen LogP) is 1.48. The highest BCUT2D eigenvalue weighted by Crippen LogP contribution is 2.21. The SMILES string of the molecule is CSc1ccc(N2CCC(N(C)CCCO)CC2)nn1. The Labute approximate surface area is 125 Å². The Hall–Kier alpha value is -0.850. The summed E-state index contributed by atoms with van der Waals surface area (Å²) in [6, 6.07) is 4.72. The van der Waals surface area contributed by atoms with E-state index in [1.807, 2.05) is 12.3 Å². The number of aromatic nitrogens is 2. The Balaban J connectivity index is 1.83. The summed E-state index contributed by atoms with van der Waals surface area (Å²) < 4.78 is 0. The maximum atomic E-state index is 8.90. The van der Waals surface area contributed by atoms with E-state index in [-0.39, 0.29) is 6.61 Å². The van der Waals surface area contributed by atoms with E-state index < -0.39 is 0 Å². The fraction of sp³-hybridized carbons (Fsp3) is 0.714. The molecule has 0 amide bonds. The Morgan fingerprint density at radius 3 is 2.65 bits per heavy atom. The van der Waals surface area contributed by atoms with Gasteiger partial charge >= 0.3 is 0 Å². The van der Waals surface area contributed by atoms with Crippen LogP contribution in [0.3, 0.4) is 0 Å². The summed E-state index contributed by atoms with van der Waals surface area (Å²) in [6.07, 6.45) is 5.16. The van der Waals surface area contributed by atoms with Crippen molar-refractivity contribution in [1.82, 2.24) is 15.1 Å². The maximum absolute atomic E-state index is 8.90. The van der Waals surface area contributed by atoms with Gasteiger partial charge in [0.2, 0.25) is 0 Å². The Morgan fingerprint density at radius 1 is 1.35 bits per heavy atom. The van der Waals surface area contributed by atoms with Crippen LogP contribution in [0.1, 0.15) is 19.3 Å². The molecule has 1 saturated heterocycles. The molecular formula is C14H24N4OS. The van der Waals surface area contributed by atoms with E-state index in [0.29, 0.717) is 6.04 Å². The van der Waals surface area contributed by atoms with E-state index in [0.717, 1.165) is 49.7 Å². The normalized spacial score (nSPS) is 16.9. The molecule has 0 radical (unpaired) electrons. The minimum atomic E-state index is 0.278. The van der Waals surface area contributed by atoms with Gasteiger partial charge in [0.15, 0.2) is 5.82 Å². The molecule has 0 spiro atoms. The third-order valence-electron chi connectivity index (χ3n) is 3.92. The Bertz CT molecular complexity index is 393. The number of hydrogen-bond donors (Lipinski definition) is 1. The summed E-state index contributed by atoms with van der Waals surface area (Å²) in [6.45, 7) is 3.31. The second-order valence-corrected chi connectivity index (χ2v) is 6.04. The molecule has 0 aliphatic carbocycles. The second kappa shape index (κ2) is 7.81. The molecule has 6 heteroatoms. The van der Waals surface area contributed by atoms with Crippen LogP contribution in [0.25, 0.3) is 0 Å². The summed E-state index contributed by atoms with van der Waals surface area (Å²) in [5.41, 5.74) is 0. The van der Waals surface area contributed by atoms with E-state index >= 15 is 0 Å². The average molecular weight is 296 g/mol. The van der Waals surface area contributed by atoms with Gasteiger partial charge in [0, 0.05) is 32.3 Å². The molecule has 1 fully saturated rings. The van der Waals surface area contributed by atoms with Gasteiger partial charge in [0.1, 0.15) is 5.03 Å². The topological polar surface area (TPSA) is 52.5 Å². The molecule has 0 atom stereocenters. The smallest absolute Gasteiger partial charge is 0.151 e. The van der Waals surface area contributed by atoms with Crippen molar-refractivity contribution < 1.29 is 5.11 Å². The lowest BCUT2D eigenvalue weighted by Gasteiger charge is -2.37. The monoisotopic (exact) mass is 296 g/mol. The highest BCUT2D eigenvalue weighted by molar-refractivity contribution is 7.98. The zero-order chi connectivity index (χ0) is 14.4. The first kappa shape index (κ1) is 15.5. The number of hydrogen-bond acceptors (Lipinski definition) is 6. The van der Waals surface area contributed by atoms with Crippen molar-refractivity contribution in [3.63, 3.8) is 0 Å². The molecule has 1 aromatic rings. The van der Waals surface area contributed by atoms with Crippen LogP contribution in [0.5, 0.6) is 0 Å². The molecule has 0 aromatic carbocycles. The van der Waals surface area contributed by atoms with Gasteiger partial charge in [-0.05, 0) is 44.7 Å². The van der Waals surface area contributed by atoms with Crippen molar-refractivity contribution in [2.24, 2.45) is 0 Å². The fourth-order valence-electron chi connectivity index (χ4n) is 2.63. The number of thioether (sulfide) groups is 1. The molecule has 1 aliphatic heterocycles. The highest BCUT2D eigenvalue weighted by atomic mass is 32.2. The van der Waals surface area contributed by atoms with Crippen LogP contribution in [-0.4, -0.2) is 65.8 Å². The summed E-state index contributed by atoms with van der Waals surface area (Å²) in [5.74, 6) is 0.985. The van der Waals surface area contributed by atoms with Crippen LogP contribution in [0.15, 0.2) is 17.2 Å². The van der Waals surface area contributed by atoms with Crippen molar-refractivity contribution in [2.45, 2.75) is 30.3 Å². The van der Waals surface area contributed by atoms with Crippen molar-refractivity contribution >= 4 is 17.6 Å². The van der Waals surface area contributed by atoms with Crippen LogP contribution in [0, 0.1) is 0 Å². The van der Waals surface area contributed by atoms with E-state index in [4.69, 9.17) is 5.11 Å². The molecule has 1 aliphatic rings. The molecule has 2 heterocycles. The number of piperidine rings is 1.